The van der Waals surface area contributed by atoms with Crippen molar-refractivity contribution < 1.29 is 14.3 Å². The van der Waals surface area contributed by atoms with E-state index >= 15 is 0 Å². The number of anilines is 1. The van der Waals surface area contributed by atoms with E-state index in [-0.39, 0.29) is 17.9 Å². The lowest BCUT2D eigenvalue weighted by atomic mass is 10.1. The van der Waals surface area contributed by atoms with E-state index in [1.165, 1.54) is 5.56 Å². The van der Waals surface area contributed by atoms with Gasteiger partial charge in [0.1, 0.15) is 5.75 Å². The van der Waals surface area contributed by atoms with Crippen LogP contribution in [0.3, 0.4) is 0 Å². The number of aryl methyl sites for hydroxylation is 1. The van der Waals surface area contributed by atoms with Gasteiger partial charge in [0.2, 0.25) is 11.8 Å². The van der Waals surface area contributed by atoms with E-state index in [0.29, 0.717) is 19.4 Å². The lowest BCUT2D eigenvalue weighted by molar-refractivity contribution is -0.121. The topological polar surface area (TPSA) is 58.6 Å². The van der Waals surface area contributed by atoms with Gasteiger partial charge in [-0.05, 0) is 42.7 Å². The second-order valence-electron chi connectivity index (χ2n) is 6.51. The zero-order valence-corrected chi connectivity index (χ0v) is 15.0. The molecular formula is C21H24N2O3. The first-order chi connectivity index (χ1) is 12.7. The molecule has 1 N–H and O–H groups in total. The highest BCUT2D eigenvalue weighted by Crippen LogP contribution is 2.24. The van der Waals surface area contributed by atoms with Crippen molar-refractivity contribution in [2.45, 2.75) is 31.7 Å². The lowest BCUT2D eigenvalue weighted by Crippen LogP contribution is -2.37. The van der Waals surface area contributed by atoms with Crippen LogP contribution in [0.5, 0.6) is 5.75 Å². The number of nitrogens with one attached hydrogen (secondary N) is 1. The van der Waals surface area contributed by atoms with Gasteiger partial charge in [0.15, 0.2) is 0 Å². The molecule has 1 atom stereocenters. The Labute approximate surface area is 154 Å². The Morgan fingerprint density at radius 2 is 1.88 bits per heavy atom. The smallest absolute Gasteiger partial charge is 0.229 e. The fourth-order valence-electron chi connectivity index (χ4n) is 3.21. The summed E-state index contributed by atoms with van der Waals surface area (Å²) in [5.74, 6) is 0.795. The van der Waals surface area contributed by atoms with Gasteiger partial charge in [-0.15, -0.1) is 0 Å². The average molecular weight is 352 g/mol. The molecule has 0 aromatic heterocycles. The number of ether oxygens (including phenoxy) is 1. The van der Waals surface area contributed by atoms with Crippen LogP contribution in [0.2, 0.25) is 0 Å². The molecule has 0 bridgehead atoms. The molecule has 5 heteroatoms. The largest absolute Gasteiger partial charge is 0.497 e. The Kier molecular flexibility index (Phi) is 5.89. The van der Waals surface area contributed by atoms with Gasteiger partial charge in [-0.3, -0.25) is 9.59 Å². The van der Waals surface area contributed by atoms with Crippen LogP contribution in [0, 0.1) is 0 Å². The molecule has 1 heterocycles. The minimum absolute atomic E-state index is 0.00955. The lowest BCUT2D eigenvalue weighted by Gasteiger charge is -2.17. The number of carbonyl (C=O) groups is 2. The summed E-state index contributed by atoms with van der Waals surface area (Å²) in [5.41, 5.74) is 2.07. The van der Waals surface area contributed by atoms with E-state index in [4.69, 9.17) is 4.74 Å². The summed E-state index contributed by atoms with van der Waals surface area (Å²) >= 11 is 0. The van der Waals surface area contributed by atoms with Gasteiger partial charge in [-0.2, -0.15) is 0 Å². The van der Waals surface area contributed by atoms with Crippen LogP contribution in [-0.4, -0.2) is 31.5 Å². The number of amides is 2. The number of nitrogens with zero attached hydrogens (tertiary/aromatic N) is 1. The van der Waals surface area contributed by atoms with E-state index in [1.54, 1.807) is 12.0 Å². The third kappa shape index (κ3) is 4.63. The molecule has 1 fully saturated rings. The summed E-state index contributed by atoms with van der Waals surface area (Å²) in [5, 5.41) is 2.99. The second kappa shape index (κ2) is 8.52. The summed E-state index contributed by atoms with van der Waals surface area (Å²) in [4.78, 5) is 26.1. The maximum absolute atomic E-state index is 12.3. The minimum Gasteiger partial charge on any atom is -0.497 e. The summed E-state index contributed by atoms with van der Waals surface area (Å²) in [7, 11) is 1.61. The molecule has 136 valence electrons. The second-order valence-corrected chi connectivity index (χ2v) is 6.51. The van der Waals surface area contributed by atoms with Crippen molar-refractivity contribution >= 4 is 17.5 Å². The first-order valence-corrected chi connectivity index (χ1v) is 8.93. The van der Waals surface area contributed by atoms with Gasteiger partial charge in [0.05, 0.1) is 13.2 Å². The van der Waals surface area contributed by atoms with E-state index < -0.39 is 0 Å². The van der Waals surface area contributed by atoms with Crippen LogP contribution >= 0.6 is 0 Å². The molecule has 2 amide bonds. The molecule has 0 unspecified atom stereocenters. The van der Waals surface area contributed by atoms with Crippen LogP contribution in [0.4, 0.5) is 5.69 Å². The molecule has 0 saturated carbocycles. The Morgan fingerprint density at radius 3 is 2.58 bits per heavy atom. The first kappa shape index (κ1) is 18.0. The maximum Gasteiger partial charge on any atom is 0.229 e. The van der Waals surface area contributed by atoms with Gasteiger partial charge < -0.3 is 15.0 Å². The quantitative estimate of drug-likeness (QED) is 0.833. The van der Waals surface area contributed by atoms with Crippen LogP contribution in [-0.2, 0) is 16.0 Å². The number of methoxy groups -OCH3 is 1. The minimum atomic E-state index is -0.131. The molecule has 1 aliphatic heterocycles. The highest BCUT2D eigenvalue weighted by atomic mass is 16.5. The molecule has 2 aromatic carbocycles. The zero-order valence-electron chi connectivity index (χ0n) is 15.0. The molecule has 26 heavy (non-hydrogen) atoms. The molecule has 0 aliphatic carbocycles. The monoisotopic (exact) mass is 352 g/mol. The van der Waals surface area contributed by atoms with Crippen molar-refractivity contribution in [2.24, 2.45) is 0 Å². The predicted molar refractivity (Wildman–Crippen MR) is 101 cm³/mol. The molecule has 0 radical (unpaired) electrons. The Balaban J connectivity index is 1.46. The maximum atomic E-state index is 12.3. The highest BCUT2D eigenvalue weighted by Gasteiger charge is 2.31. The highest BCUT2D eigenvalue weighted by molar-refractivity contribution is 5.96. The SMILES string of the molecule is COc1ccc(N2C[C@@H](NC(=O)CCCc3ccccc3)CC2=O)cc1. The molecule has 1 saturated heterocycles. The summed E-state index contributed by atoms with van der Waals surface area (Å²) in [6, 6.07) is 17.4. The van der Waals surface area contributed by atoms with Crippen LogP contribution in [0.1, 0.15) is 24.8 Å². The number of benzene rings is 2. The summed E-state index contributed by atoms with van der Waals surface area (Å²) in [6.45, 7) is 0.510. The van der Waals surface area contributed by atoms with Crippen LogP contribution in [0.25, 0.3) is 0 Å². The van der Waals surface area contributed by atoms with Crippen molar-refractivity contribution in [1.82, 2.24) is 5.32 Å². The normalized spacial score (nSPS) is 16.6. The van der Waals surface area contributed by atoms with E-state index in [9.17, 15) is 9.59 Å². The number of carbonyl (C=O) groups excluding carboxylic acids is 2. The van der Waals surface area contributed by atoms with Gasteiger partial charge in [-0.25, -0.2) is 0 Å². The summed E-state index contributed by atoms with van der Waals surface area (Å²) < 4.78 is 5.14. The average Bonchev–Trinajstić information content (AvgIpc) is 3.02. The molecular weight excluding hydrogens is 328 g/mol. The molecule has 2 aromatic rings. The Hall–Kier alpha value is -2.82. The van der Waals surface area contributed by atoms with Crippen LogP contribution < -0.4 is 15.0 Å². The summed E-state index contributed by atoms with van der Waals surface area (Å²) in [6.07, 6.45) is 2.51. The third-order valence-electron chi connectivity index (χ3n) is 4.59. The first-order valence-electron chi connectivity index (χ1n) is 8.93. The fraction of sp³-hybridized carbons (Fsp3) is 0.333. The van der Waals surface area contributed by atoms with E-state index in [1.807, 2.05) is 42.5 Å². The van der Waals surface area contributed by atoms with Gasteiger partial charge in [0.25, 0.3) is 0 Å². The van der Waals surface area contributed by atoms with Crippen LogP contribution in [0.15, 0.2) is 54.6 Å². The number of hydrogen-bond donors (Lipinski definition) is 1. The molecule has 5 nitrogen and oxygen atoms in total. The van der Waals surface area contributed by atoms with Gasteiger partial charge in [0, 0.05) is 25.1 Å². The molecule has 1 aliphatic rings. The van der Waals surface area contributed by atoms with E-state index in [0.717, 1.165) is 24.3 Å². The van der Waals surface area contributed by atoms with Crippen molar-refractivity contribution in [1.29, 1.82) is 0 Å². The number of rotatable bonds is 7. The Bertz CT molecular complexity index is 744. The van der Waals surface area contributed by atoms with E-state index in [2.05, 4.69) is 17.4 Å². The standard InChI is InChI=1S/C21H24N2O3/c1-26-19-12-10-18(11-13-19)23-15-17(14-21(23)25)22-20(24)9-5-8-16-6-3-2-4-7-16/h2-4,6-7,10-13,17H,5,8-9,14-15H2,1H3,(H,22,24)/t17-/m0/s1. The van der Waals surface area contributed by atoms with Crippen molar-refractivity contribution in [2.75, 3.05) is 18.6 Å². The Morgan fingerprint density at radius 1 is 1.15 bits per heavy atom. The van der Waals surface area contributed by atoms with Gasteiger partial charge >= 0.3 is 0 Å². The number of hydrogen-bond acceptors (Lipinski definition) is 3. The van der Waals surface area contributed by atoms with Crippen molar-refractivity contribution in [3.8, 4) is 5.75 Å². The molecule has 3 rings (SSSR count). The van der Waals surface area contributed by atoms with Gasteiger partial charge in [-0.1, -0.05) is 30.3 Å². The zero-order chi connectivity index (χ0) is 18.4. The van der Waals surface area contributed by atoms with Crippen molar-refractivity contribution in [3.63, 3.8) is 0 Å². The molecule has 0 spiro atoms. The third-order valence-corrected chi connectivity index (χ3v) is 4.59. The fourth-order valence-corrected chi connectivity index (χ4v) is 3.21. The van der Waals surface area contributed by atoms with Crippen molar-refractivity contribution in [3.05, 3.63) is 60.2 Å². The predicted octanol–water partition coefficient (Wildman–Crippen LogP) is 2.94.